The molecule has 2 aromatic rings. The zero-order valence-electron chi connectivity index (χ0n) is 12.4. The van der Waals surface area contributed by atoms with Crippen LogP contribution in [-0.4, -0.2) is 0 Å². The number of aryl methyl sites for hydroxylation is 2. The van der Waals surface area contributed by atoms with Crippen molar-refractivity contribution in [1.29, 1.82) is 0 Å². The van der Waals surface area contributed by atoms with Gasteiger partial charge in [-0.15, -0.1) is 0 Å². The van der Waals surface area contributed by atoms with Crippen LogP contribution in [-0.2, 0) is 19.4 Å². The maximum absolute atomic E-state index is 5.89. The Morgan fingerprint density at radius 1 is 0.950 bits per heavy atom. The molecule has 104 valence electrons. The van der Waals surface area contributed by atoms with E-state index >= 15 is 0 Å². The molecule has 1 heteroatoms. The van der Waals surface area contributed by atoms with Crippen LogP contribution in [0.4, 0.5) is 0 Å². The van der Waals surface area contributed by atoms with Crippen LogP contribution < -0.4 is 4.74 Å². The molecule has 0 N–H and O–H groups in total. The van der Waals surface area contributed by atoms with E-state index in [9.17, 15) is 0 Å². The van der Waals surface area contributed by atoms with Crippen molar-refractivity contribution in [1.82, 2.24) is 0 Å². The van der Waals surface area contributed by atoms with Crippen LogP contribution in [0.15, 0.2) is 42.5 Å². The van der Waals surface area contributed by atoms with Gasteiger partial charge in [0.25, 0.3) is 0 Å². The summed E-state index contributed by atoms with van der Waals surface area (Å²) in [4.78, 5) is 0. The molecule has 1 nitrogen and oxygen atoms in total. The highest BCUT2D eigenvalue weighted by atomic mass is 16.5. The van der Waals surface area contributed by atoms with Gasteiger partial charge in [-0.3, -0.25) is 0 Å². The predicted molar refractivity (Wildman–Crippen MR) is 83.3 cm³/mol. The molecule has 0 aliphatic heterocycles. The Balaban J connectivity index is 1.64. The molecule has 2 aromatic carbocycles. The van der Waals surface area contributed by atoms with Gasteiger partial charge in [0.2, 0.25) is 0 Å². The van der Waals surface area contributed by atoms with Gasteiger partial charge in [-0.2, -0.15) is 0 Å². The van der Waals surface area contributed by atoms with E-state index in [0.29, 0.717) is 12.5 Å². The fraction of sp³-hybridized carbons (Fsp3) is 0.368. The lowest BCUT2D eigenvalue weighted by Gasteiger charge is -2.10. The number of ether oxygens (including phenoxy) is 1. The molecule has 1 aliphatic rings. The van der Waals surface area contributed by atoms with Gasteiger partial charge in [-0.25, -0.2) is 0 Å². The molecular formula is C19H22O. The lowest BCUT2D eigenvalue weighted by Crippen LogP contribution is -1.97. The van der Waals surface area contributed by atoms with Crippen molar-refractivity contribution in [3.8, 4) is 5.75 Å². The molecule has 0 saturated heterocycles. The van der Waals surface area contributed by atoms with E-state index in [1.165, 1.54) is 41.5 Å². The van der Waals surface area contributed by atoms with Gasteiger partial charge in [0.15, 0.2) is 0 Å². The summed E-state index contributed by atoms with van der Waals surface area (Å²) in [6.07, 6.45) is 3.77. The SMILES string of the molecule is CC(C)c1ccc(OCc2ccc3c(c2)CCC3)cc1. The minimum absolute atomic E-state index is 0.570. The summed E-state index contributed by atoms with van der Waals surface area (Å²) < 4.78 is 5.89. The summed E-state index contributed by atoms with van der Waals surface area (Å²) >= 11 is 0. The second kappa shape index (κ2) is 5.70. The van der Waals surface area contributed by atoms with Gasteiger partial charge < -0.3 is 4.74 Å². The van der Waals surface area contributed by atoms with Crippen molar-refractivity contribution in [2.24, 2.45) is 0 Å². The van der Waals surface area contributed by atoms with Crippen molar-refractivity contribution in [2.45, 2.75) is 45.6 Å². The van der Waals surface area contributed by atoms with Crippen molar-refractivity contribution < 1.29 is 4.74 Å². The third-order valence-electron chi connectivity index (χ3n) is 4.12. The topological polar surface area (TPSA) is 9.23 Å². The van der Waals surface area contributed by atoms with Crippen molar-refractivity contribution in [3.05, 3.63) is 64.7 Å². The molecule has 0 radical (unpaired) electrons. The first-order chi connectivity index (χ1) is 9.72. The quantitative estimate of drug-likeness (QED) is 0.766. The third kappa shape index (κ3) is 2.87. The molecule has 0 heterocycles. The van der Waals surface area contributed by atoms with E-state index in [1.54, 1.807) is 0 Å². The number of benzene rings is 2. The van der Waals surface area contributed by atoms with Gasteiger partial charge in [0.1, 0.15) is 12.4 Å². The zero-order chi connectivity index (χ0) is 13.9. The Bertz CT molecular complexity index is 581. The summed E-state index contributed by atoms with van der Waals surface area (Å²) in [6, 6.07) is 15.2. The molecule has 0 amide bonds. The van der Waals surface area contributed by atoms with Crippen LogP contribution in [0.5, 0.6) is 5.75 Å². The highest BCUT2D eigenvalue weighted by molar-refractivity contribution is 5.35. The Kier molecular flexibility index (Phi) is 3.77. The molecule has 0 aromatic heterocycles. The Hall–Kier alpha value is -1.76. The normalized spacial score (nSPS) is 13.6. The lowest BCUT2D eigenvalue weighted by atomic mass is 10.0. The fourth-order valence-corrected chi connectivity index (χ4v) is 2.83. The zero-order valence-corrected chi connectivity index (χ0v) is 12.4. The van der Waals surface area contributed by atoms with Crippen LogP contribution in [0.25, 0.3) is 0 Å². The molecule has 0 unspecified atom stereocenters. The van der Waals surface area contributed by atoms with Gasteiger partial charge in [0.05, 0.1) is 0 Å². The van der Waals surface area contributed by atoms with Crippen molar-refractivity contribution in [3.63, 3.8) is 0 Å². The van der Waals surface area contributed by atoms with Crippen LogP contribution in [0, 0.1) is 0 Å². The van der Waals surface area contributed by atoms with Gasteiger partial charge >= 0.3 is 0 Å². The summed E-state index contributed by atoms with van der Waals surface area (Å²) in [5.74, 6) is 1.52. The minimum Gasteiger partial charge on any atom is -0.489 e. The Labute approximate surface area is 121 Å². The highest BCUT2D eigenvalue weighted by Gasteiger charge is 2.10. The average Bonchev–Trinajstić information content (AvgIpc) is 2.93. The summed E-state index contributed by atoms with van der Waals surface area (Å²) in [6.45, 7) is 5.08. The van der Waals surface area contributed by atoms with Gasteiger partial charge in [0, 0.05) is 0 Å². The first-order valence-electron chi connectivity index (χ1n) is 7.56. The van der Waals surface area contributed by atoms with Gasteiger partial charge in [-0.05, 0) is 59.6 Å². The maximum Gasteiger partial charge on any atom is 0.119 e. The predicted octanol–water partition coefficient (Wildman–Crippen LogP) is 4.88. The molecule has 0 atom stereocenters. The molecular weight excluding hydrogens is 244 g/mol. The van der Waals surface area contributed by atoms with Crippen LogP contribution >= 0.6 is 0 Å². The molecule has 0 bridgehead atoms. The molecule has 0 spiro atoms. The van der Waals surface area contributed by atoms with E-state index < -0.39 is 0 Å². The number of hydrogen-bond donors (Lipinski definition) is 0. The smallest absolute Gasteiger partial charge is 0.119 e. The highest BCUT2D eigenvalue weighted by Crippen LogP contribution is 2.24. The Morgan fingerprint density at radius 2 is 1.70 bits per heavy atom. The number of hydrogen-bond acceptors (Lipinski definition) is 1. The molecule has 0 saturated carbocycles. The second-order valence-corrected chi connectivity index (χ2v) is 5.97. The van der Waals surface area contributed by atoms with Crippen LogP contribution in [0.2, 0.25) is 0 Å². The summed E-state index contributed by atoms with van der Waals surface area (Å²) in [7, 11) is 0. The van der Waals surface area contributed by atoms with E-state index in [4.69, 9.17) is 4.74 Å². The van der Waals surface area contributed by atoms with E-state index in [0.717, 1.165) is 5.75 Å². The monoisotopic (exact) mass is 266 g/mol. The lowest BCUT2D eigenvalue weighted by molar-refractivity contribution is 0.306. The van der Waals surface area contributed by atoms with Crippen LogP contribution in [0.3, 0.4) is 0 Å². The maximum atomic E-state index is 5.89. The Morgan fingerprint density at radius 3 is 2.45 bits per heavy atom. The first-order valence-corrected chi connectivity index (χ1v) is 7.56. The number of fused-ring (bicyclic) bond motifs is 1. The number of rotatable bonds is 4. The van der Waals surface area contributed by atoms with E-state index in [-0.39, 0.29) is 0 Å². The van der Waals surface area contributed by atoms with E-state index in [2.05, 4.69) is 56.3 Å². The largest absolute Gasteiger partial charge is 0.489 e. The summed E-state index contributed by atoms with van der Waals surface area (Å²) in [5.41, 5.74) is 5.67. The van der Waals surface area contributed by atoms with E-state index in [1.807, 2.05) is 0 Å². The van der Waals surface area contributed by atoms with Crippen molar-refractivity contribution in [2.75, 3.05) is 0 Å². The first kappa shape index (κ1) is 13.2. The average molecular weight is 266 g/mol. The molecule has 1 aliphatic carbocycles. The minimum atomic E-state index is 0.570. The fourth-order valence-electron chi connectivity index (χ4n) is 2.83. The van der Waals surface area contributed by atoms with Crippen molar-refractivity contribution >= 4 is 0 Å². The third-order valence-corrected chi connectivity index (χ3v) is 4.12. The van der Waals surface area contributed by atoms with Gasteiger partial charge in [-0.1, -0.05) is 44.2 Å². The second-order valence-electron chi connectivity index (χ2n) is 5.97. The summed E-state index contributed by atoms with van der Waals surface area (Å²) in [5, 5.41) is 0. The molecule has 0 fully saturated rings. The standard InChI is InChI=1S/C19H22O/c1-14(2)16-8-10-19(11-9-16)20-13-15-6-7-17-4-3-5-18(17)12-15/h6-12,14H,3-5,13H2,1-2H3. The van der Waals surface area contributed by atoms with Crippen LogP contribution in [0.1, 0.15) is 48.4 Å². The molecule has 20 heavy (non-hydrogen) atoms. The molecule has 3 rings (SSSR count).